The summed E-state index contributed by atoms with van der Waals surface area (Å²) in [4.78, 5) is 0. The van der Waals surface area contributed by atoms with Crippen molar-refractivity contribution < 1.29 is 0 Å². The van der Waals surface area contributed by atoms with Crippen LogP contribution in [0.1, 0.15) is 0 Å². The SMILES string of the molecule is Clc1[c]c2ccc3c(Cl)[c]ccc3c2cc1. The first-order chi connectivity index (χ1) is 7.75. The highest BCUT2D eigenvalue weighted by molar-refractivity contribution is 6.36. The van der Waals surface area contributed by atoms with E-state index in [1.807, 2.05) is 36.4 Å². The van der Waals surface area contributed by atoms with Crippen LogP contribution in [0.4, 0.5) is 0 Å². The van der Waals surface area contributed by atoms with Crippen LogP contribution in [0, 0.1) is 12.1 Å². The largest absolute Gasteiger partial charge is 0.0836 e. The van der Waals surface area contributed by atoms with E-state index in [9.17, 15) is 0 Å². The molecule has 0 aliphatic carbocycles. The van der Waals surface area contributed by atoms with Gasteiger partial charge in [0.2, 0.25) is 0 Å². The molecule has 0 amide bonds. The first-order valence-corrected chi connectivity index (χ1v) is 5.62. The molecule has 0 fully saturated rings. The first-order valence-electron chi connectivity index (χ1n) is 4.86. The zero-order valence-electron chi connectivity index (χ0n) is 8.22. The van der Waals surface area contributed by atoms with Gasteiger partial charge in [-0.05, 0) is 22.2 Å². The van der Waals surface area contributed by atoms with Crippen molar-refractivity contribution in [1.29, 1.82) is 0 Å². The van der Waals surface area contributed by atoms with Gasteiger partial charge in [-0.15, -0.1) is 0 Å². The number of fused-ring (bicyclic) bond motifs is 3. The van der Waals surface area contributed by atoms with E-state index < -0.39 is 0 Å². The summed E-state index contributed by atoms with van der Waals surface area (Å²) in [6.45, 7) is 0. The van der Waals surface area contributed by atoms with Crippen molar-refractivity contribution in [3.05, 3.63) is 58.6 Å². The highest BCUT2D eigenvalue weighted by atomic mass is 35.5. The van der Waals surface area contributed by atoms with E-state index >= 15 is 0 Å². The Morgan fingerprint density at radius 3 is 2.50 bits per heavy atom. The van der Waals surface area contributed by atoms with E-state index in [1.54, 1.807) is 0 Å². The molecule has 0 saturated carbocycles. The molecule has 0 saturated heterocycles. The molecule has 0 heterocycles. The predicted molar refractivity (Wildman–Crippen MR) is 69.1 cm³/mol. The monoisotopic (exact) mass is 244 g/mol. The molecule has 3 rings (SSSR count). The third-order valence-corrected chi connectivity index (χ3v) is 3.17. The van der Waals surface area contributed by atoms with Gasteiger partial charge in [-0.25, -0.2) is 0 Å². The van der Waals surface area contributed by atoms with Gasteiger partial charge in [-0.1, -0.05) is 53.5 Å². The lowest BCUT2D eigenvalue weighted by atomic mass is 10.0. The Balaban J connectivity index is 2.55. The van der Waals surface area contributed by atoms with Crippen molar-refractivity contribution in [2.45, 2.75) is 0 Å². The van der Waals surface area contributed by atoms with E-state index in [-0.39, 0.29) is 0 Å². The van der Waals surface area contributed by atoms with Crippen LogP contribution in [0.3, 0.4) is 0 Å². The van der Waals surface area contributed by atoms with E-state index in [1.165, 1.54) is 0 Å². The zero-order valence-corrected chi connectivity index (χ0v) is 9.73. The number of hydrogen-bond acceptors (Lipinski definition) is 0. The Morgan fingerprint density at radius 1 is 0.812 bits per heavy atom. The predicted octanol–water partition coefficient (Wildman–Crippen LogP) is 4.90. The van der Waals surface area contributed by atoms with Gasteiger partial charge in [0.25, 0.3) is 0 Å². The number of hydrogen-bond donors (Lipinski definition) is 0. The number of halogens is 2. The summed E-state index contributed by atoms with van der Waals surface area (Å²) < 4.78 is 0. The molecule has 0 unspecified atom stereocenters. The molecule has 76 valence electrons. The van der Waals surface area contributed by atoms with Crippen LogP contribution in [0.25, 0.3) is 21.5 Å². The zero-order chi connectivity index (χ0) is 11.1. The molecule has 0 aromatic heterocycles. The quantitative estimate of drug-likeness (QED) is 0.494. The first kappa shape index (κ1) is 9.95. The number of rotatable bonds is 0. The second kappa shape index (κ2) is 3.65. The van der Waals surface area contributed by atoms with Crippen LogP contribution in [0.15, 0.2) is 36.4 Å². The molecule has 2 heteroatoms. The van der Waals surface area contributed by atoms with Gasteiger partial charge in [0, 0.05) is 22.5 Å². The maximum absolute atomic E-state index is 6.10. The molecule has 2 radical (unpaired) electrons. The maximum atomic E-state index is 6.10. The van der Waals surface area contributed by atoms with Crippen molar-refractivity contribution in [1.82, 2.24) is 0 Å². The van der Waals surface area contributed by atoms with Gasteiger partial charge in [0.15, 0.2) is 0 Å². The highest BCUT2D eigenvalue weighted by Crippen LogP contribution is 2.30. The molecule has 0 nitrogen and oxygen atoms in total. The van der Waals surface area contributed by atoms with Gasteiger partial charge in [0.05, 0.1) is 5.02 Å². The minimum atomic E-state index is 0.625. The summed E-state index contributed by atoms with van der Waals surface area (Å²) in [5, 5.41) is 5.50. The van der Waals surface area contributed by atoms with Crippen LogP contribution in [0.2, 0.25) is 10.0 Å². The lowest BCUT2D eigenvalue weighted by Crippen LogP contribution is -1.79. The molecular formula is C14H6Cl2. The molecule has 3 aromatic rings. The summed E-state index contributed by atoms with van der Waals surface area (Å²) >= 11 is 12.0. The Hall–Kier alpha value is -1.24. The average Bonchev–Trinajstić information content (AvgIpc) is 2.28. The average molecular weight is 245 g/mol. The Labute approximate surface area is 103 Å². The summed E-state index contributed by atoms with van der Waals surface area (Å²) in [7, 11) is 0. The van der Waals surface area contributed by atoms with E-state index in [0.29, 0.717) is 10.0 Å². The summed E-state index contributed by atoms with van der Waals surface area (Å²) in [6.07, 6.45) is 0. The fourth-order valence-electron chi connectivity index (χ4n) is 1.90. The van der Waals surface area contributed by atoms with Crippen molar-refractivity contribution in [2.75, 3.05) is 0 Å². The van der Waals surface area contributed by atoms with Gasteiger partial charge in [0.1, 0.15) is 0 Å². The van der Waals surface area contributed by atoms with Gasteiger partial charge < -0.3 is 0 Å². The third-order valence-electron chi connectivity index (χ3n) is 2.63. The Bertz CT molecular complexity index is 687. The topological polar surface area (TPSA) is 0 Å². The van der Waals surface area contributed by atoms with Gasteiger partial charge in [-0.3, -0.25) is 0 Å². The van der Waals surface area contributed by atoms with Crippen LogP contribution in [-0.4, -0.2) is 0 Å². The number of benzene rings is 3. The fraction of sp³-hybridized carbons (Fsp3) is 0. The molecule has 0 N–H and O–H groups in total. The van der Waals surface area contributed by atoms with Gasteiger partial charge >= 0.3 is 0 Å². The van der Waals surface area contributed by atoms with Crippen LogP contribution in [0.5, 0.6) is 0 Å². The Morgan fingerprint density at radius 2 is 1.62 bits per heavy atom. The molecule has 3 aromatic carbocycles. The lowest BCUT2D eigenvalue weighted by Gasteiger charge is -2.04. The Kier molecular flexibility index (Phi) is 2.27. The molecule has 0 aliphatic heterocycles. The van der Waals surface area contributed by atoms with Crippen molar-refractivity contribution in [3.8, 4) is 0 Å². The van der Waals surface area contributed by atoms with E-state index in [2.05, 4.69) is 12.1 Å². The summed E-state index contributed by atoms with van der Waals surface area (Å²) in [5.41, 5.74) is 0. The molecule has 16 heavy (non-hydrogen) atoms. The third kappa shape index (κ3) is 1.46. The van der Waals surface area contributed by atoms with Crippen LogP contribution >= 0.6 is 23.2 Å². The minimum absolute atomic E-state index is 0.625. The molecule has 0 atom stereocenters. The van der Waals surface area contributed by atoms with Crippen LogP contribution < -0.4 is 0 Å². The normalized spacial score (nSPS) is 11.1. The smallest absolute Gasteiger partial charge is 0.0563 e. The molecule has 0 spiro atoms. The fourth-order valence-corrected chi connectivity index (χ4v) is 2.29. The standard InChI is InChI=1S/C14H6Cl2/c15-10-5-7-11-9(8-10)4-6-13-12(11)2-1-3-14(13)16/h1-2,4-7H. The lowest BCUT2D eigenvalue weighted by molar-refractivity contribution is 1.74. The van der Waals surface area contributed by atoms with Crippen LogP contribution in [-0.2, 0) is 0 Å². The maximum Gasteiger partial charge on any atom is 0.0563 e. The van der Waals surface area contributed by atoms with Crippen molar-refractivity contribution >= 4 is 44.7 Å². The summed E-state index contributed by atoms with van der Waals surface area (Å²) in [6, 6.07) is 17.7. The molecular weight excluding hydrogens is 239 g/mol. The van der Waals surface area contributed by atoms with Gasteiger partial charge in [-0.2, -0.15) is 0 Å². The molecule has 0 aliphatic rings. The second-order valence-electron chi connectivity index (χ2n) is 3.59. The van der Waals surface area contributed by atoms with Crippen molar-refractivity contribution in [2.24, 2.45) is 0 Å². The van der Waals surface area contributed by atoms with E-state index in [4.69, 9.17) is 23.2 Å². The minimum Gasteiger partial charge on any atom is -0.0836 e. The second-order valence-corrected chi connectivity index (χ2v) is 4.37. The molecule has 0 bridgehead atoms. The summed E-state index contributed by atoms with van der Waals surface area (Å²) in [5.74, 6) is 0. The van der Waals surface area contributed by atoms with Crippen molar-refractivity contribution in [3.63, 3.8) is 0 Å². The van der Waals surface area contributed by atoms with E-state index in [0.717, 1.165) is 21.5 Å². The highest BCUT2D eigenvalue weighted by Gasteiger charge is 2.03.